The number of amides is 1. The number of benzene rings is 2. The summed E-state index contributed by atoms with van der Waals surface area (Å²) in [4.78, 5) is 12.0. The fourth-order valence-corrected chi connectivity index (χ4v) is 8.54. The lowest BCUT2D eigenvalue weighted by Gasteiger charge is -2.40. The molecular formula is C25H27F6NO8S3. The molecular weight excluding hydrogens is 652 g/mol. The third kappa shape index (κ3) is 7.45. The van der Waals surface area contributed by atoms with Crippen molar-refractivity contribution >= 4 is 35.4 Å². The zero-order chi connectivity index (χ0) is 33.0. The third-order valence-corrected chi connectivity index (χ3v) is 12.1. The Balaban J connectivity index is 1.97. The van der Waals surface area contributed by atoms with E-state index in [-0.39, 0.29) is 25.9 Å². The van der Waals surface area contributed by atoms with Crippen LogP contribution in [0.5, 0.6) is 5.75 Å². The smallest absolute Gasteiger partial charge is 0.406 e. The largest absolute Gasteiger partial charge is 0.573 e. The number of hydrogen-bond donors (Lipinski definition) is 0. The monoisotopic (exact) mass is 679 g/mol. The molecule has 0 aromatic heterocycles. The molecule has 1 aliphatic rings. The average molecular weight is 680 g/mol. The average Bonchev–Trinajstić information content (AvgIpc) is 2.85. The van der Waals surface area contributed by atoms with Crippen molar-refractivity contribution < 1.29 is 61.1 Å². The van der Waals surface area contributed by atoms with Gasteiger partial charge < -0.3 is 9.64 Å². The maximum absolute atomic E-state index is 13.5. The van der Waals surface area contributed by atoms with Crippen molar-refractivity contribution in [2.24, 2.45) is 5.92 Å². The lowest BCUT2D eigenvalue weighted by molar-refractivity contribution is -0.274. The number of rotatable bonds is 7. The molecule has 0 unspecified atom stereocenters. The predicted molar refractivity (Wildman–Crippen MR) is 141 cm³/mol. The molecule has 1 amide bonds. The van der Waals surface area contributed by atoms with E-state index in [1.165, 1.54) is 13.8 Å². The van der Waals surface area contributed by atoms with Gasteiger partial charge in [-0.1, -0.05) is 6.07 Å². The number of carbonyl (C=O) groups excluding carboxylic acids is 1. The summed E-state index contributed by atoms with van der Waals surface area (Å²) in [6, 6.07) is 4.05. The number of alkyl halides is 6. The van der Waals surface area contributed by atoms with Gasteiger partial charge in [0, 0.05) is 37.7 Å². The molecule has 1 heterocycles. The number of carbonyl (C=O) groups is 1. The van der Waals surface area contributed by atoms with E-state index >= 15 is 0 Å². The summed E-state index contributed by atoms with van der Waals surface area (Å²) in [5.74, 6) is -3.02. The summed E-state index contributed by atoms with van der Waals surface area (Å²) in [6.45, 7) is 2.21. The number of nitrogens with zero attached hydrogens (tertiary/aromatic N) is 1. The molecule has 3 rings (SSSR count). The molecule has 240 valence electrons. The first-order valence-corrected chi connectivity index (χ1v) is 17.6. The molecule has 0 radical (unpaired) electrons. The van der Waals surface area contributed by atoms with Crippen LogP contribution >= 0.6 is 0 Å². The van der Waals surface area contributed by atoms with E-state index in [4.69, 9.17) is 0 Å². The summed E-state index contributed by atoms with van der Waals surface area (Å²) >= 11 is 0. The predicted octanol–water partition coefficient (Wildman–Crippen LogP) is 4.52. The van der Waals surface area contributed by atoms with Crippen LogP contribution in [0.25, 0.3) is 0 Å². The minimum absolute atomic E-state index is 0.0331. The molecule has 0 atom stereocenters. The molecule has 0 N–H and O–H groups in total. The van der Waals surface area contributed by atoms with E-state index in [0.29, 0.717) is 30.7 Å². The normalized spacial score (nSPS) is 16.3. The highest BCUT2D eigenvalue weighted by Crippen LogP contribution is 2.40. The molecule has 0 aliphatic carbocycles. The fraction of sp³-hybridized carbons (Fsp3) is 0.480. The SMILES string of the molecule is CC(C)(C1CCN(C(=O)c2c(S(C)(=O)=O)cc(OC(F)(F)F)cc2S(C)(=O)=O)CC1)S(=O)(=O)c1cccc(C(F)(F)F)c1. The minimum Gasteiger partial charge on any atom is -0.406 e. The standard InChI is InChI=1S/C25H27F6NO8S3/c1-23(2,43(38,39)18-7-5-6-16(12-18)24(26,27)28)15-8-10-32(11-9-15)22(33)21-19(41(3,34)35)13-17(40-25(29,30)31)14-20(21)42(4,36)37/h5-7,12-15H,8-11H2,1-4H3. The second kappa shape index (κ2) is 11.3. The van der Waals surface area contributed by atoms with Gasteiger partial charge in [0.05, 0.1) is 30.6 Å². The first-order valence-electron chi connectivity index (χ1n) is 12.3. The van der Waals surface area contributed by atoms with Crippen molar-refractivity contribution in [2.45, 2.75) is 58.7 Å². The molecule has 1 saturated heterocycles. The number of sulfone groups is 3. The highest BCUT2D eigenvalue weighted by atomic mass is 32.2. The summed E-state index contributed by atoms with van der Waals surface area (Å²) in [6.07, 6.45) is -9.03. The van der Waals surface area contributed by atoms with E-state index in [9.17, 15) is 56.4 Å². The fourth-order valence-electron chi connectivity index (χ4n) is 4.85. The third-order valence-electron chi connectivity index (χ3n) is 7.22. The van der Waals surface area contributed by atoms with Crippen molar-refractivity contribution in [3.05, 3.63) is 47.5 Å². The van der Waals surface area contributed by atoms with Crippen LogP contribution in [0.1, 0.15) is 42.6 Å². The van der Waals surface area contributed by atoms with Crippen molar-refractivity contribution in [3.63, 3.8) is 0 Å². The van der Waals surface area contributed by atoms with Crippen LogP contribution in [0, 0.1) is 5.92 Å². The Hall–Kier alpha value is -2.86. The Labute approximate surface area is 244 Å². The second-order valence-corrected chi connectivity index (χ2v) is 17.1. The van der Waals surface area contributed by atoms with Crippen LogP contribution in [0.4, 0.5) is 26.3 Å². The van der Waals surface area contributed by atoms with Gasteiger partial charge in [-0.25, -0.2) is 25.3 Å². The molecule has 18 heteroatoms. The van der Waals surface area contributed by atoms with Crippen LogP contribution in [0.15, 0.2) is 51.1 Å². The van der Waals surface area contributed by atoms with E-state index in [1.54, 1.807) is 0 Å². The Bertz CT molecular complexity index is 1690. The maximum Gasteiger partial charge on any atom is 0.573 e. The van der Waals surface area contributed by atoms with Gasteiger partial charge in [-0.2, -0.15) is 13.2 Å². The second-order valence-electron chi connectivity index (χ2n) is 10.6. The highest BCUT2D eigenvalue weighted by molar-refractivity contribution is 7.93. The van der Waals surface area contributed by atoms with E-state index in [2.05, 4.69) is 4.74 Å². The van der Waals surface area contributed by atoms with Crippen LogP contribution in [-0.4, -0.2) is 72.8 Å². The van der Waals surface area contributed by atoms with Gasteiger partial charge in [0.15, 0.2) is 29.5 Å². The Kier molecular flexibility index (Phi) is 9.06. The molecule has 1 fully saturated rings. The Morgan fingerprint density at radius 2 is 1.33 bits per heavy atom. The summed E-state index contributed by atoms with van der Waals surface area (Å²) in [5, 5.41) is 0. The zero-order valence-corrected chi connectivity index (χ0v) is 25.5. The van der Waals surface area contributed by atoms with Gasteiger partial charge >= 0.3 is 12.5 Å². The molecule has 43 heavy (non-hydrogen) atoms. The number of hydrogen-bond acceptors (Lipinski definition) is 8. The molecule has 0 bridgehead atoms. The first kappa shape index (κ1) is 34.6. The minimum atomic E-state index is -5.31. The summed E-state index contributed by atoms with van der Waals surface area (Å²) in [7, 11) is -13.3. The van der Waals surface area contributed by atoms with Crippen LogP contribution < -0.4 is 4.74 Å². The van der Waals surface area contributed by atoms with Crippen molar-refractivity contribution in [3.8, 4) is 5.75 Å². The summed E-state index contributed by atoms with van der Waals surface area (Å²) in [5.41, 5.74) is -2.05. The van der Waals surface area contributed by atoms with E-state index < -0.39 is 90.2 Å². The lowest BCUT2D eigenvalue weighted by Crippen LogP contribution is -2.48. The van der Waals surface area contributed by atoms with Gasteiger partial charge in [-0.15, -0.1) is 13.2 Å². The summed E-state index contributed by atoms with van der Waals surface area (Å²) < 4.78 is 157. The highest BCUT2D eigenvalue weighted by Gasteiger charge is 2.45. The van der Waals surface area contributed by atoms with Gasteiger partial charge in [-0.05, 0) is 50.8 Å². The quantitative estimate of drug-likeness (QED) is 0.391. The van der Waals surface area contributed by atoms with Gasteiger partial charge in [-0.3, -0.25) is 4.79 Å². The topological polar surface area (TPSA) is 132 Å². The number of ether oxygens (including phenoxy) is 1. The molecule has 2 aromatic rings. The molecule has 1 aliphatic heterocycles. The van der Waals surface area contributed by atoms with Crippen LogP contribution in [-0.2, 0) is 35.7 Å². The molecule has 9 nitrogen and oxygen atoms in total. The number of likely N-dealkylation sites (tertiary alicyclic amines) is 1. The van der Waals surface area contributed by atoms with E-state index in [1.807, 2.05) is 0 Å². The van der Waals surface area contributed by atoms with Crippen molar-refractivity contribution in [2.75, 3.05) is 25.6 Å². The number of piperidine rings is 1. The van der Waals surface area contributed by atoms with Gasteiger partial charge in [0.25, 0.3) is 5.91 Å². The van der Waals surface area contributed by atoms with Gasteiger partial charge in [0.1, 0.15) is 5.75 Å². The molecule has 0 spiro atoms. The number of halogens is 6. The van der Waals surface area contributed by atoms with Crippen molar-refractivity contribution in [1.29, 1.82) is 0 Å². The van der Waals surface area contributed by atoms with Crippen LogP contribution in [0.3, 0.4) is 0 Å². The van der Waals surface area contributed by atoms with Crippen molar-refractivity contribution in [1.82, 2.24) is 4.90 Å². The lowest BCUT2D eigenvalue weighted by atomic mass is 9.85. The zero-order valence-electron chi connectivity index (χ0n) is 23.1. The maximum atomic E-state index is 13.5. The first-order chi connectivity index (χ1) is 19.3. The van der Waals surface area contributed by atoms with E-state index in [0.717, 1.165) is 23.1 Å². The van der Waals surface area contributed by atoms with Crippen LogP contribution in [0.2, 0.25) is 0 Å². The molecule has 0 saturated carbocycles. The van der Waals surface area contributed by atoms with Gasteiger partial charge in [0.2, 0.25) is 0 Å². The molecule has 2 aromatic carbocycles. The Morgan fingerprint density at radius 3 is 1.74 bits per heavy atom. The Morgan fingerprint density at radius 1 is 0.837 bits per heavy atom.